The van der Waals surface area contributed by atoms with Crippen LogP contribution in [-0.4, -0.2) is 12.6 Å². The molecule has 0 aliphatic carbocycles. The lowest BCUT2D eigenvalue weighted by Crippen LogP contribution is -2.05. The van der Waals surface area contributed by atoms with Crippen molar-refractivity contribution in [3.05, 3.63) is 12.2 Å². The molecule has 0 aromatic heterocycles. The van der Waals surface area contributed by atoms with Crippen molar-refractivity contribution in [3.8, 4) is 0 Å². The summed E-state index contributed by atoms with van der Waals surface area (Å²) < 4.78 is 5.09. The van der Waals surface area contributed by atoms with Gasteiger partial charge < -0.3 is 4.74 Å². The lowest BCUT2D eigenvalue weighted by Gasteiger charge is -2.05. The van der Waals surface area contributed by atoms with Crippen LogP contribution < -0.4 is 0 Å². The van der Waals surface area contributed by atoms with Gasteiger partial charge in [0.25, 0.3) is 0 Å². The van der Waals surface area contributed by atoms with E-state index in [1.165, 1.54) is 109 Å². The average molecular weight is 367 g/mol. The van der Waals surface area contributed by atoms with E-state index in [9.17, 15) is 4.79 Å². The van der Waals surface area contributed by atoms with Crippen LogP contribution in [0.2, 0.25) is 0 Å². The Bertz CT molecular complexity index is 322. The molecule has 154 valence electrons. The molecule has 0 fully saturated rings. The highest BCUT2D eigenvalue weighted by atomic mass is 16.5. The average Bonchev–Trinajstić information content (AvgIpc) is 2.63. The van der Waals surface area contributed by atoms with E-state index in [4.69, 9.17) is 4.74 Å². The Labute approximate surface area is 164 Å². The van der Waals surface area contributed by atoms with Crippen LogP contribution in [0.4, 0.5) is 0 Å². The van der Waals surface area contributed by atoms with Crippen molar-refractivity contribution >= 4 is 5.97 Å². The molecule has 0 saturated heterocycles. The van der Waals surface area contributed by atoms with Gasteiger partial charge in [0.15, 0.2) is 0 Å². The zero-order valence-corrected chi connectivity index (χ0v) is 18.0. The summed E-state index contributed by atoms with van der Waals surface area (Å²) in [5, 5.41) is 0. The third kappa shape index (κ3) is 19.5. The predicted molar refractivity (Wildman–Crippen MR) is 115 cm³/mol. The fraction of sp³-hybridized carbons (Fsp3) is 0.875. The molecular weight excluding hydrogens is 320 g/mol. The number of hydrogen-bond donors (Lipinski definition) is 0. The molecule has 0 aromatic carbocycles. The summed E-state index contributed by atoms with van der Waals surface area (Å²) in [6.07, 6.45) is 24.7. The molecule has 0 amide bonds. The smallest absolute Gasteiger partial charge is 0.333 e. The highest BCUT2D eigenvalue weighted by Gasteiger charge is 2.01. The van der Waals surface area contributed by atoms with Gasteiger partial charge in [-0.15, -0.1) is 0 Å². The van der Waals surface area contributed by atoms with Gasteiger partial charge >= 0.3 is 5.97 Å². The van der Waals surface area contributed by atoms with Crippen molar-refractivity contribution in [2.75, 3.05) is 6.61 Å². The van der Waals surface area contributed by atoms with E-state index in [0.29, 0.717) is 12.2 Å². The molecule has 0 aromatic rings. The van der Waals surface area contributed by atoms with E-state index in [-0.39, 0.29) is 5.97 Å². The minimum atomic E-state index is -0.253. The third-order valence-corrected chi connectivity index (χ3v) is 5.08. The normalized spacial score (nSPS) is 10.8. The van der Waals surface area contributed by atoms with Crippen molar-refractivity contribution in [1.82, 2.24) is 0 Å². The Morgan fingerprint density at radius 1 is 0.615 bits per heavy atom. The molecule has 0 unspecified atom stereocenters. The zero-order valence-electron chi connectivity index (χ0n) is 18.0. The monoisotopic (exact) mass is 366 g/mol. The minimum absolute atomic E-state index is 0.253. The van der Waals surface area contributed by atoms with Crippen LogP contribution in [0.5, 0.6) is 0 Å². The first-order valence-electron chi connectivity index (χ1n) is 11.5. The summed E-state index contributed by atoms with van der Waals surface area (Å²) in [5.41, 5.74) is 0.493. The van der Waals surface area contributed by atoms with E-state index >= 15 is 0 Å². The molecule has 0 radical (unpaired) electrons. The van der Waals surface area contributed by atoms with Crippen molar-refractivity contribution in [2.24, 2.45) is 0 Å². The van der Waals surface area contributed by atoms with E-state index in [1.807, 2.05) is 0 Å². The van der Waals surface area contributed by atoms with Crippen LogP contribution in [0.1, 0.15) is 129 Å². The predicted octanol–water partition coefficient (Wildman–Crippen LogP) is 8.15. The van der Waals surface area contributed by atoms with Gasteiger partial charge in [0.2, 0.25) is 0 Å². The van der Waals surface area contributed by atoms with E-state index in [1.54, 1.807) is 6.92 Å². The fourth-order valence-corrected chi connectivity index (χ4v) is 3.29. The number of unbranched alkanes of at least 4 members (excludes halogenated alkanes) is 17. The Kier molecular flexibility index (Phi) is 19.9. The molecule has 0 bridgehead atoms. The number of rotatable bonds is 20. The van der Waals surface area contributed by atoms with Crippen molar-refractivity contribution in [1.29, 1.82) is 0 Å². The van der Waals surface area contributed by atoms with Gasteiger partial charge in [0.1, 0.15) is 0 Å². The highest BCUT2D eigenvalue weighted by molar-refractivity contribution is 5.86. The van der Waals surface area contributed by atoms with Crippen molar-refractivity contribution < 1.29 is 9.53 Å². The van der Waals surface area contributed by atoms with Crippen LogP contribution in [0.25, 0.3) is 0 Å². The molecule has 2 heteroatoms. The van der Waals surface area contributed by atoms with Crippen molar-refractivity contribution in [2.45, 2.75) is 129 Å². The van der Waals surface area contributed by atoms with Gasteiger partial charge in [-0.25, -0.2) is 4.79 Å². The number of carbonyl (C=O) groups excluding carboxylic acids is 1. The molecule has 0 heterocycles. The topological polar surface area (TPSA) is 26.3 Å². The van der Waals surface area contributed by atoms with Gasteiger partial charge in [-0.3, -0.25) is 0 Å². The molecule has 0 aliphatic rings. The summed E-state index contributed by atoms with van der Waals surface area (Å²) in [7, 11) is 0. The molecule has 0 rings (SSSR count). The quantitative estimate of drug-likeness (QED) is 0.123. The Balaban J connectivity index is 3.05. The maximum absolute atomic E-state index is 11.2. The molecule has 0 saturated carbocycles. The van der Waals surface area contributed by atoms with Gasteiger partial charge in [-0.1, -0.05) is 123 Å². The Morgan fingerprint density at radius 3 is 1.23 bits per heavy atom. The molecule has 0 N–H and O–H groups in total. The largest absolute Gasteiger partial charge is 0.462 e. The second-order valence-corrected chi connectivity index (χ2v) is 7.93. The summed E-state index contributed by atoms with van der Waals surface area (Å²) in [6, 6.07) is 0. The lowest BCUT2D eigenvalue weighted by molar-refractivity contribution is -0.139. The van der Waals surface area contributed by atoms with E-state index in [0.717, 1.165) is 6.42 Å². The summed E-state index contributed by atoms with van der Waals surface area (Å²) in [4.78, 5) is 11.2. The van der Waals surface area contributed by atoms with Crippen LogP contribution in [-0.2, 0) is 9.53 Å². The van der Waals surface area contributed by atoms with Gasteiger partial charge in [-0.05, 0) is 13.3 Å². The minimum Gasteiger partial charge on any atom is -0.462 e. The summed E-state index contributed by atoms with van der Waals surface area (Å²) in [5.74, 6) is -0.253. The number of hydrogen-bond acceptors (Lipinski definition) is 2. The van der Waals surface area contributed by atoms with Crippen LogP contribution in [0.15, 0.2) is 12.2 Å². The maximum atomic E-state index is 11.2. The first kappa shape index (κ1) is 25.2. The second kappa shape index (κ2) is 20.5. The number of esters is 1. The van der Waals surface area contributed by atoms with E-state index < -0.39 is 0 Å². The first-order valence-corrected chi connectivity index (χ1v) is 11.5. The second-order valence-electron chi connectivity index (χ2n) is 7.93. The van der Waals surface area contributed by atoms with E-state index in [2.05, 4.69) is 13.5 Å². The van der Waals surface area contributed by atoms with Crippen molar-refractivity contribution in [3.63, 3.8) is 0 Å². The fourth-order valence-electron chi connectivity index (χ4n) is 3.29. The third-order valence-electron chi connectivity index (χ3n) is 5.08. The summed E-state index contributed by atoms with van der Waals surface area (Å²) >= 11 is 0. The van der Waals surface area contributed by atoms with Crippen LogP contribution in [0, 0.1) is 0 Å². The Morgan fingerprint density at radius 2 is 0.923 bits per heavy atom. The number of carbonyl (C=O) groups is 1. The van der Waals surface area contributed by atoms with Gasteiger partial charge in [0, 0.05) is 5.57 Å². The van der Waals surface area contributed by atoms with Gasteiger partial charge in [-0.2, -0.15) is 0 Å². The molecule has 0 aliphatic heterocycles. The standard InChI is InChI=1S/C24H46O2/c1-4-5-6-7-8-9-10-11-12-13-14-15-16-17-18-19-20-21-22-26-24(25)23(2)3/h2,4-22H2,1,3H3. The maximum Gasteiger partial charge on any atom is 0.333 e. The Hall–Kier alpha value is -0.790. The van der Waals surface area contributed by atoms with Crippen LogP contribution in [0.3, 0.4) is 0 Å². The first-order chi connectivity index (χ1) is 12.7. The lowest BCUT2D eigenvalue weighted by atomic mass is 10.0. The molecule has 0 spiro atoms. The van der Waals surface area contributed by atoms with Crippen LogP contribution >= 0.6 is 0 Å². The number of ether oxygens (including phenoxy) is 1. The SMILES string of the molecule is C=C(C)C(=O)OCCCCCCCCCCCCCCCCCCCC. The van der Waals surface area contributed by atoms with Gasteiger partial charge in [0.05, 0.1) is 6.61 Å². The highest BCUT2D eigenvalue weighted by Crippen LogP contribution is 2.14. The molecule has 2 nitrogen and oxygen atoms in total. The summed E-state index contributed by atoms with van der Waals surface area (Å²) in [6.45, 7) is 8.10. The molecular formula is C24H46O2. The molecule has 0 atom stereocenters. The molecule has 26 heavy (non-hydrogen) atoms. The zero-order chi connectivity index (χ0) is 19.3.